The van der Waals surface area contributed by atoms with Crippen LogP contribution in [0, 0.1) is 6.92 Å². The second kappa shape index (κ2) is 8.29. The number of carbonyl (C=O) groups excluding carboxylic acids is 1. The summed E-state index contributed by atoms with van der Waals surface area (Å²) in [5, 5.41) is 17.9. The summed E-state index contributed by atoms with van der Waals surface area (Å²) in [5.41, 5.74) is 2.98. The van der Waals surface area contributed by atoms with Crippen LogP contribution in [0.4, 0.5) is 20.8 Å². The van der Waals surface area contributed by atoms with E-state index in [9.17, 15) is 9.18 Å². The van der Waals surface area contributed by atoms with Crippen LogP contribution >= 0.6 is 0 Å². The maximum Gasteiger partial charge on any atom is 0.407 e. The Hall–Kier alpha value is -3.21. The van der Waals surface area contributed by atoms with Gasteiger partial charge in [-0.3, -0.25) is 5.10 Å². The van der Waals surface area contributed by atoms with Crippen molar-refractivity contribution < 1.29 is 18.7 Å². The average molecular weight is 458 g/mol. The van der Waals surface area contributed by atoms with Crippen molar-refractivity contribution >= 4 is 23.2 Å². The topological polar surface area (TPSA) is 118 Å². The zero-order chi connectivity index (χ0) is 23.2. The third-order valence-electron chi connectivity index (χ3n) is 6.29. The Labute approximate surface area is 190 Å². The summed E-state index contributed by atoms with van der Waals surface area (Å²) < 4.78 is 26.9. The molecule has 3 atom stereocenters. The number of anilines is 2. The molecule has 0 saturated heterocycles. The molecule has 3 heterocycles. The van der Waals surface area contributed by atoms with E-state index in [1.165, 1.54) is 0 Å². The Balaban J connectivity index is 1.26. The molecule has 0 spiro atoms. The third kappa shape index (κ3) is 4.63. The molecule has 176 valence electrons. The van der Waals surface area contributed by atoms with Gasteiger partial charge in [-0.05, 0) is 45.6 Å². The first-order valence-corrected chi connectivity index (χ1v) is 11.1. The molecular formula is C22H28FN7O3. The number of aromatic nitrogens is 5. The first kappa shape index (κ1) is 21.6. The lowest BCUT2D eigenvalue weighted by molar-refractivity contribution is 0.0583. The quantitative estimate of drug-likeness (QED) is 0.497. The molecule has 2 aliphatic rings. The number of ether oxygens (including phenoxy) is 2. The molecule has 2 fully saturated rings. The van der Waals surface area contributed by atoms with E-state index in [0.717, 1.165) is 35.4 Å². The fraction of sp³-hybridized carbons (Fsp3) is 0.545. The highest BCUT2D eigenvalue weighted by Gasteiger charge is 2.42. The summed E-state index contributed by atoms with van der Waals surface area (Å²) in [4.78, 5) is 16.7. The Morgan fingerprint density at radius 3 is 2.94 bits per heavy atom. The summed E-state index contributed by atoms with van der Waals surface area (Å²) in [6.07, 6.45) is 1.85. The molecule has 3 N–H and O–H groups in total. The number of methoxy groups -OCH3 is 1. The number of nitrogens with zero attached hydrogens (tertiary/aromatic N) is 4. The van der Waals surface area contributed by atoms with Gasteiger partial charge in [0.2, 0.25) is 0 Å². The minimum absolute atomic E-state index is 0.119. The first-order valence-electron chi connectivity index (χ1n) is 11.1. The minimum atomic E-state index is -1.21. The van der Waals surface area contributed by atoms with Gasteiger partial charge in [0.25, 0.3) is 0 Å². The zero-order valence-corrected chi connectivity index (χ0v) is 18.9. The van der Waals surface area contributed by atoms with E-state index in [0.29, 0.717) is 24.7 Å². The van der Waals surface area contributed by atoms with Crippen molar-refractivity contribution in [2.45, 2.75) is 69.9 Å². The van der Waals surface area contributed by atoms with Gasteiger partial charge in [-0.2, -0.15) is 10.2 Å². The van der Waals surface area contributed by atoms with Crippen LogP contribution in [-0.4, -0.2) is 55.8 Å². The van der Waals surface area contributed by atoms with Gasteiger partial charge in [0.1, 0.15) is 17.8 Å². The number of nitrogens with one attached hydrogen (secondary N) is 3. The van der Waals surface area contributed by atoms with E-state index in [-0.39, 0.29) is 17.9 Å². The van der Waals surface area contributed by atoms with E-state index in [1.54, 1.807) is 11.6 Å². The number of fused-ring (bicyclic) bond motifs is 1. The van der Waals surface area contributed by atoms with Gasteiger partial charge < -0.3 is 20.1 Å². The molecule has 3 aromatic rings. The molecule has 3 aromatic heterocycles. The summed E-state index contributed by atoms with van der Waals surface area (Å²) in [6.45, 7) is 4.24. The molecule has 11 heteroatoms. The fourth-order valence-electron chi connectivity index (χ4n) is 4.25. The summed E-state index contributed by atoms with van der Waals surface area (Å²) >= 11 is 0. The van der Waals surface area contributed by atoms with Crippen LogP contribution in [0.15, 0.2) is 18.3 Å². The number of hydrogen-bond donors (Lipinski definition) is 3. The number of rotatable bonds is 7. The summed E-state index contributed by atoms with van der Waals surface area (Å²) in [6, 6.07) is 3.75. The van der Waals surface area contributed by atoms with Crippen LogP contribution in [0.25, 0.3) is 5.52 Å². The Morgan fingerprint density at radius 2 is 2.18 bits per heavy atom. The van der Waals surface area contributed by atoms with E-state index in [1.807, 2.05) is 32.2 Å². The summed E-state index contributed by atoms with van der Waals surface area (Å²) in [5.74, 6) is 1.06. The smallest absolute Gasteiger partial charge is 0.407 e. The number of halogens is 1. The second-order valence-corrected chi connectivity index (χ2v) is 9.28. The van der Waals surface area contributed by atoms with Crippen molar-refractivity contribution in [2.24, 2.45) is 0 Å². The van der Waals surface area contributed by atoms with Crippen LogP contribution in [0.5, 0.6) is 0 Å². The van der Waals surface area contributed by atoms with Crippen LogP contribution in [0.3, 0.4) is 0 Å². The highest BCUT2D eigenvalue weighted by atomic mass is 19.1. The van der Waals surface area contributed by atoms with Gasteiger partial charge in [0.05, 0.1) is 24.2 Å². The molecule has 2 saturated carbocycles. The van der Waals surface area contributed by atoms with E-state index < -0.39 is 18.4 Å². The number of carbonyl (C=O) groups is 1. The SMILES string of the molecule is COCc1cc2c(Nc3cc([C@H]4C[C@@H](F)[C@@H](OC(=O)NC5(C)CC5)C4)[nH]n3)nc(C)cn2n1. The molecule has 0 aliphatic heterocycles. The lowest BCUT2D eigenvalue weighted by atomic mass is 10.0. The number of aryl methyl sites for hydroxylation is 1. The van der Waals surface area contributed by atoms with Gasteiger partial charge in [-0.15, -0.1) is 0 Å². The van der Waals surface area contributed by atoms with Crippen molar-refractivity contribution in [2.75, 3.05) is 12.4 Å². The molecule has 10 nitrogen and oxygen atoms in total. The molecule has 0 bridgehead atoms. The lowest BCUT2D eigenvalue weighted by Crippen LogP contribution is -2.38. The highest BCUT2D eigenvalue weighted by Crippen LogP contribution is 2.39. The molecule has 0 unspecified atom stereocenters. The normalized spacial score (nSPS) is 23.6. The standard InChI is InChI=1S/C22H28FN7O3/c1-12-10-30-17(8-14(29-30)11-32-3)20(24-12)25-19-9-16(27-28-19)13-6-15(23)18(7-13)33-21(31)26-22(2)4-5-22/h8-10,13,15,18H,4-7,11H2,1-3H3,(H,26,31)(H2,24,25,27,28)/t13-,15+,18-/m0/s1. The maximum absolute atomic E-state index is 14.6. The molecule has 0 radical (unpaired) electrons. The van der Waals surface area contributed by atoms with Crippen LogP contribution in [0.1, 0.15) is 55.6 Å². The van der Waals surface area contributed by atoms with Gasteiger partial charge in [-0.1, -0.05) is 0 Å². The van der Waals surface area contributed by atoms with Crippen molar-refractivity contribution in [3.05, 3.63) is 35.4 Å². The van der Waals surface area contributed by atoms with Crippen LogP contribution in [0.2, 0.25) is 0 Å². The Kier molecular flexibility index (Phi) is 5.43. The maximum atomic E-state index is 14.6. The van der Waals surface area contributed by atoms with Crippen LogP contribution < -0.4 is 10.6 Å². The highest BCUT2D eigenvalue weighted by molar-refractivity contribution is 5.72. The Morgan fingerprint density at radius 1 is 1.36 bits per heavy atom. The number of alkyl halides is 1. The van der Waals surface area contributed by atoms with Crippen molar-refractivity contribution in [3.63, 3.8) is 0 Å². The molecular weight excluding hydrogens is 429 g/mol. The predicted molar refractivity (Wildman–Crippen MR) is 118 cm³/mol. The number of aromatic amines is 1. The molecule has 5 rings (SSSR count). The number of hydrogen-bond acceptors (Lipinski definition) is 7. The fourth-order valence-corrected chi connectivity index (χ4v) is 4.25. The minimum Gasteiger partial charge on any atom is -0.443 e. The summed E-state index contributed by atoms with van der Waals surface area (Å²) in [7, 11) is 1.62. The predicted octanol–water partition coefficient (Wildman–Crippen LogP) is 3.51. The first-order chi connectivity index (χ1) is 15.8. The molecule has 33 heavy (non-hydrogen) atoms. The van der Waals surface area contributed by atoms with Crippen molar-refractivity contribution in [1.29, 1.82) is 0 Å². The average Bonchev–Trinajstić information content (AvgIpc) is 3.11. The second-order valence-electron chi connectivity index (χ2n) is 9.28. The Bertz CT molecular complexity index is 1170. The number of amides is 1. The molecule has 2 aliphatic carbocycles. The van der Waals surface area contributed by atoms with Gasteiger partial charge in [-0.25, -0.2) is 18.7 Å². The largest absolute Gasteiger partial charge is 0.443 e. The van der Waals surface area contributed by atoms with E-state index in [2.05, 4.69) is 30.9 Å². The van der Waals surface area contributed by atoms with Gasteiger partial charge in [0, 0.05) is 30.3 Å². The third-order valence-corrected chi connectivity index (χ3v) is 6.29. The number of alkyl carbamates (subject to hydrolysis) is 1. The van der Waals surface area contributed by atoms with Crippen molar-refractivity contribution in [1.82, 2.24) is 30.1 Å². The molecule has 0 aromatic carbocycles. The molecule has 1 amide bonds. The van der Waals surface area contributed by atoms with Crippen molar-refractivity contribution in [3.8, 4) is 0 Å². The van der Waals surface area contributed by atoms with Crippen LogP contribution in [-0.2, 0) is 16.1 Å². The lowest BCUT2D eigenvalue weighted by Gasteiger charge is -2.17. The zero-order valence-electron chi connectivity index (χ0n) is 18.9. The van der Waals surface area contributed by atoms with Gasteiger partial charge >= 0.3 is 6.09 Å². The monoisotopic (exact) mass is 457 g/mol. The number of H-pyrrole nitrogens is 1. The van der Waals surface area contributed by atoms with E-state index >= 15 is 0 Å². The van der Waals surface area contributed by atoms with Gasteiger partial charge in [0.15, 0.2) is 11.6 Å². The van der Waals surface area contributed by atoms with E-state index in [4.69, 9.17) is 9.47 Å².